The molecule has 0 aliphatic rings. The van der Waals surface area contributed by atoms with Crippen LogP contribution in [0, 0.1) is 10.1 Å². The number of rotatable bonds is 7. The number of nitrogens with one attached hydrogen (secondary N) is 1. The second-order valence-corrected chi connectivity index (χ2v) is 5.56. The van der Waals surface area contributed by atoms with Gasteiger partial charge in [-0.3, -0.25) is 10.1 Å². The van der Waals surface area contributed by atoms with Gasteiger partial charge in [0.05, 0.1) is 7.11 Å². The Morgan fingerprint density at radius 2 is 1.91 bits per heavy atom. The molecule has 23 heavy (non-hydrogen) atoms. The van der Waals surface area contributed by atoms with Gasteiger partial charge in [0.1, 0.15) is 12.6 Å². The minimum atomic E-state index is -1.40. The van der Waals surface area contributed by atoms with Crippen LogP contribution in [0.2, 0.25) is 0 Å². The monoisotopic (exact) mass is 324 g/mol. The van der Waals surface area contributed by atoms with Gasteiger partial charge in [-0.2, -0.15) is 0 Å². The molecule has 0 fully saturated rings. The lowest BCUT2D eigenvalue weighted by atomic mass is 9.96. The lowest BCUT2D eigenvalue weighted by Crippen LogP contribution is -2.48. The second-order valence-electron chi connectivity index (χ2n) is 5.56. The molecule has 0 unspecified atom stereocenters. The van der Waals surface area contributed by atoms with Crippen molar-refractivity contribution in [2.24, 2.45) is 0 Å². The fourth-order valence-corrected chi connectivity index (χ4v) is 1.82. The molecular formula is C15H20N2O6. The Morgan fingerprint density at radius 1 is 1.30 bits per heavy atom. The molecule has 8 nitrogen and oxygen atoms in total. The number of hydrogen-bond donors (Lipinski definition) is 1. The molecule has 0 heterocycles. The van der Waals surface area contributed by atoms with Gasteiger partial charge in [-0.15, -0.1) is 0 Å². The first-order valence-electron chi connectivity index (χ1n) is 6.96. The number of carbonyl (C=O) groups is 2. The van der Waals surface area contributed by atoms with Crippen molar-refractivity contribution in [1.82, 2.24) is 5.32 Å². The number of hydrogen-bond acceptors (Lipinski definition) is 6. The molecule has 8 heteroatoms. The van der Waals surface area contributed by atoms with E-state index in [1.807, 2.05) is 6.07 Å². The molecule has 0 aromatic heterocycles. The summed E-state index contributed by atoms with van der Waals surface area (Å²) in [6, 6.07) is 7.82. The Bertz CT molecular complexity index is 558. The third kappa shape index (κ3) is 5.93. The number of nitro groups is 1. The number of alkyl carbamates (subject to hydrolysis) is 1. The van der Waals surface area contributed by atoms with Gasteiger partial charge in [-0.1, -0.05) is 30.3 Å². The Hall–Kier alpha value is -2.64. The minimum absolute atomic E-state index is 0.0270. The third-order valence-electron chi connectivity index (χ3n) is 3.19. The SMILES string of the molecule is COC(=O)[C@H](CC(C)(C)[N+](=O)[O-])NC(=O)OCc1ccccc1. The fourth-order valence-electron chi connectivity index (χ4n) is 1.82. The van der Waals surface area contributed by atoms with Gasteiger partial charge in [0, 0.05) is 25.2 Å². The highest BCUT2D eigenvalue weighted by Gasteiger charge is 2.38. The van der Waals surface area contributed by atoms with Crippen LogP contribution in [-0.4, -0.2) is 35.7 Å². The zero-order valence-corrected chi connectivity index (χ0v) is 13.3. The maximum atomic E-state index is 11.8. The highest BCUT2D eigenvalue weighted by atomic mass is 16.6. The Morgan fingerprint density at radius 3 is 2.43 bits per heavy atom. The molecule has 1 rings (SSSR count). The van der Waals surface area contributed by atoms with E-state index in [0.717, 1.165) is 12.7 Å². The quantitative estimate of drug-likeness (QED) is 0.466. The molecule has 0 aliphatic carbocycles. The predicted octanol–water partition coefficient (Wildman–Crippen LogP) is 1.90. The van der Waals surface area contributed by atoms with Crippen molar-refractivity contribution < 1.29 is 24.0 Å². The van der Waals surface area contributed by atoms with Gasteiger partial charge in [0.15, 0.2) is 0 Å². The van der Waals surface area contributed by atoms with Crippen LogP contribution >= 0.6 is 0 Å². The average Bonchev–Trinajstić information content (AvgIpc) is 2.52. The third-order valence-corrected chi connectivity index (χ3v) is 3.19. The Labute approximate surface area is 133 Å². The van der Waals surface area contributed by atoms with E-state index in [4.69, 9.17) is 4.74 Å². The van der Waals surface area contributed by atoms with E-state index in [-0.39, 0.29) is 13.0 Å². The molecule has 1 aromatic rings. The van der Waals surface area contributed by atoms with E-state index in [1.54, 1.807) is 24.3 Å². The van der Waals surface area contributed by atoms with Crippen LogP contribution < -0.4 is 5.32 Å². The topological polar surface area (TPSA) is 108 Å². The summed E-state index contributed by atoms with van der Waals surface area (Å²) < 4.78 is 9.57. The van der Waals surface area contributed by atoms with Crippen molar-refractivity contribution in [1.29, 1.82) is 0 Å². The Balaban J connectivity index is 2.64. The summed E-state index contributed by atoms with van der Waals surface area (Å²) in [5, 5.41) is 13.3. The number of amides is 1. The van der Waals surface area contributed by atoms with Gasteiger partial charge in [0.2, 0.25) is 5.54 Å². The highest BCUT2D eigenvalue weighted by Crippen LogP contribution is 2.16. The predicted molar refractivity (Wildman–Crippen MR) is 81.3 cm³/mol. The highest BCUT2D eigenvalue weighted by molar-refractivity contribution is 5.81. The van der Waals surface area contributed by atoms with Gasteiger partial charge in [-0.05, 0) is 5.56 Å². The molecule has 0 bridgehead atoms. The zero-order chi connectivity index (χ0) is 17.5. The van der Waals surface area contributed by atoms with E-state index in [1.165, 1.54) is 13.8 Å². The zero-order valence-electron chi connectivity index (χ0n) is 13.3. The number of esters is 1. The average molecular weight is 324 g/mol. The lowest BCUT2D eigenvalue weighted by molar-refractivity contribution is -0.561. The van der Waals surface area contributed by atoms with E-state index < -0.39 is 28.6 Å². The van der Waals surface area contributed by atoms with Crippen LogP contribution in [0.5, 0.6) is 0 Å². The van der Waals surface area contributed by atoms with Crippen LogP contribution in [0.25, 0.3) is 0 Å². The molecule has 0 saturated heterocycles. The second kappa shape index (κ2) is 8.11. The number of methoxy groups -OCH3 is 1. The van der Waals surface area contributed by atoms with Crippen molar-refractivity contribution in [3.05, 3.63) is 46.0 Å². The van der Waals surface area contributed by atoms with E-state index in [0.29, 0.717) is 0 Å². The largest absolute Gasteiger partial charge is 0.467 e. The molecular weight excluding hydrogens is 304 g/mol. The standard InChI is InChI=1S/C15H20N2O6/c1-15(2,17(20)21)9-12(13(18)22-3)16-14(19)23-10-11-7-5-4-6-8-11/h4-8,12H,9-10H2,1-3H3,(H,16,19)/t12-/m0/s1. The van der Waals surface area contributed by atoms with Gasteiger partial charge in [-0.25, -0.2) is 9.59 Å². The summed E-state index contributed by atoms with van der Waals surface area (Å²) in [7, 11) is 1.14. The number of carbonyl (C=O) groups excluding carboxylic acids is 2. The van der Waals surface area contributed by atoms with Crippen molar-refractivity contribution in [3.8, 4) is 0 Å². The summed E-state index contributed by atoms with van der Waals surface area (Å²) >= 11 is 0. The van der Waals surface area contributed by atoms with Crippen molar-refractivity contribution in [2.75, 3.05) is 7.11 Å². The van der Waals surface area contributed by atoms with Crippen LogP contribution in [0.15, 0.2) is 30.3 Å². The maximum absolute atomic E-state index is 11.8. The first-order valence-corrected chi connectivity index (χ1v) is 6.96. The molecule has 126 valence electrons. The first-order chi connectivity index (χ1) is 10.8. The van der Waals surface area contributed by atoms with E-state index in [9.17, 15) is 19.7 Å². The van der Waals surface area contributed by atoms with Crippen LogP contribution in [0.1, 0.15) is 25.8 Å². The van der Waals surface area contributed by atoms with Gasteiger partial charge >= 0.3 is 12.1 Å². The van der Waals surface area contributed by atoms with E-state index in [2.05, 4.69) is 10.1 Å². The summed E-state index contributed by atoms with van der Waals surface area (Å²) in [4.78, 5) is 34.0. The Kier molecular flexibility index (Phi) is 6.49. The van der Waals surface area contributed by atoms with Gasteiger partial charge < -0.3 is 14.8 Å². The smallest absolute Gasteiger partial charge is 0.408 e. The van der Waals surface area contributed by atoms with E-state index >= 15 is 0 Å². The molecule has 0 spiro atoms. The molecule has 0 saturated carbocycles. The normalized spacial score (nSPS) is 12.1. The molecule has 0 radical (unpaired) electrons. The van der Waals surface area contributed by atoms with Crippen LogP contribution in [-0.2, 0) is 20.9 Å². The lowest BCUT2D eigenvalue weighted by Gasteiger charge is -2.22. The maximum Gasteiger partial charge on any atom is 0.408 e. The fraction of sp³-hybridized carbons (Fsp3) is 0.467. The molecule has 1 amide bonds. The summed E-state index contributed by atoms with van der Waals surface area (Å²) in [6.45, 7) is 2.75. The first kappa shape index (κ1) is 18.4. The molecule has 1 atom stereocenters. The van der Waals surface area contributed by atoms with Crippen LogP contribution in [0.4, 0.5) is 4.79 Å². The number of ether oxygens (including phenoxy) is 2. The summed E-state index contributed by atoms with van der Waals surface area (Å²) in [6.07, 6.45) is -1.06. The van der Waals surface area contributed by atoms with Gasteiger partial charge in [0.25, 0.3) is 0 Å². The van der Waals surface area contributed by atoms with Crippen LogP contribution in [0.3, 0.4) is 0 Å². The van der Waals surface area contributed by atoms with Crippen molar-refractivity contribution in [3.63, 3.8) is 0 Å². The summed E-state index contributed by atoms with van der Waals surface area (Å²) in [5.74, 6) is -0.767. The number of benzene rings is 1. The number of nitrogens with zero attached hydrogens (tertiary/aromatic N) is 1. The van der Waals surface area contributed by atoms with Crippen molar-refractivity contribution in [2.45, 2.75) is 38.5 Å². The molecule has 0 aliphatic heterocycles. The molecule has 1 aromatic carbocycles. The van der Waals surface area contributed by atoms with Crippen molar-refractivity contribution >= 4 is 12.1 Å². The minimum Gasteiger partial charge on any atom is -0.467 e. The summed E-state index contributed by atoms with van der Waals surface area (Å²) in [5.41, 5.74) is -0.617. The molecule has 1 N–H and O–H groups in total.